The van der Waals surface area contributed by atoms with E-state index in [1.165, 1.54) is 6.07 Å². The number of carbonyl (C=O) groups is 3. The number of anilines is 1. The van der Waals surface area contributed by atoms with Gasteiger partial charge in [0, 0.05) is 5.69 Å². The molecule has 0 aliphatic carbocycles. The molecule has 2 amide bonds. The monoisotopic (exact) mass is 382 g/mol. The molecule has 6 heteroatoms. The number of nitrogens with one attached hydrogen (secondary N) is 2. The average Bonchev–Trinajstić information content (AvgIpc) is 2.64. The molecule has 1 atom stereocenters. The first-order valence-electron chi connectivity index (χ1n) is 9.30. The lowest BCUT2D eigenvalue weighted by molar-refractivity contribution is -0.126. The van der Waals surface area contributed by atoms with Crippen LogP contribution in [0, 0.1) is 13.8 Å². The number of carbonyl (C=O) groups excluding carboxylic acids is 2. The summed E-state index contributed by atoms with van der Waals surface area (Å²) in [5.41, 5.74) is 2.84. The maximum Gasteiger partial charge on any atom is 0.336 e. The highest BCUT2D eigenvalue weighted by Gasteiger charge is 2.21. The number of carboxylic acid groups (broad SMARTS) is 1. The fourth-order valence-corrected chi connectivity index (χ4v) is 3.02. The highest BCUT2D eigenvalue weighted by molar-refractivity contribution is 5.99. The molecule has 28 heavy (non-hydrogen) atoms. The quantitative estimate of drug-likeness (QED) is 0.651. The molecule has 2 aromatic carbocycles. The van der Waals surface area contributed by atoms with Crippen molar-refractivity contribution in [3.05, 3.63) is 64.7 Å². The van der Waals surface area contributed by atoms with Gasteiger partial charge in [-0.15, -0.1) is 0 Å². The van der Waals surface area contributed by atoms with Gasteiger partial charge in [0.05, 0.1) is 12.0 Å². The summed E-state index contributed by atoms with van der Waals surface area (Å²) in [7, 11) is 0. The Balaban J connectivity index is 2.11. The standard InChI is InChI=1S/C22H26N2O4/c1-4-8-18(23-20(25)12-16-9-6-5-7-10-16)21(26)24-19-13-17(22(27)28)14(2)11-15(19)3/h5-7,9-11,13,18H,4,8,12H2,1-3H3,(H,23,25)(H,24,26)(H,27,28). The van der Waals surface area contributed by atoms with E-state index in [4.69, 9.17) is 0 Å². The zero-order valence-corrected chi connectivity index (χ0v) is 16.4. The van der Waals surface area contributed by atoms with Gasteiger partial charge in [-0.25, -0.2) is 4.79 Å². The van der Waals surface area contributed by atoms with Crippen molar-refractivity contribution >= 4 is 23.5 Å². The van der Waals surface area contributed by atoms with Crippen molar-refractivity contribution < 1.29 is 19.5 Å². The normalized spacial score (nSPS) is 11.5. The number of hydrogen-bond acceptors (Lipinski definition) is 3. The van der Waals surface area contributed by atoms with Crippen molar-refractivity contribution in [3.8, 4) is 0 Å². The van der Waals surface area contributed by atoms with Crippen LogP contribution in [0.3, 0.4) is 0 Å². The van der Waals surface area contributed by atoms with Crippen LogP contribution in [-0.2, 0) is 16.0 Å². The Morgan fingerprint density at radius 2 is 1.71 bits per heavy atom. The van der Waals surface area contributed by atoms with E-state index < -0.39 is 12.0 Å². The van der Waals surface area contributed by atoms with Crippen molar-refractivity contribution in [2.75, 3.05) is 5.32 Å². The molecular weight excluding hydrogens is 356 g/mol. The van der Waals surface area contributed by atoms with Crippen LogP contribution in [0.1, 0.15) is 46.8 Å². The van der Waals surface area contributed by atoms with Crippen LogP contribution in [0.4, 0.5) is 5.69 Å². The smallest absolute Gasteiger partial charge is 0.336 e. The maximum atomic E-state index is 12.7. The average molecular weight is 382 g/mol. The minimum atomic E-state index is -1.05. The summed E-state index contributed by atoms with van der Waals surface area (Å²) in [6.07, 6.45) is 1.40. The summed E-state index contributed by atoms with van der Waals surface area (Å²) in [6.45, 7) is 5.45. The molecule has 0 bridgehead atoms. The molecule has 148 valence electrons. The number of rotatable bonds is 8. The Hall–Kier alpha value is -3.15. The lowest BCUT2D eigenvalue weighted by Crippen LogP contribution is -2.44. The molecule has 3 N–H and O–H groups in total. The van der Waals surface area contributed by atoms with Crippen LogP contribution >= 0.6 is 0 Å². The highest BCUT2D eigenvalue weighted by atomic mass is 16.4. The Bertz CT molecular complexity index is 862. The lowest BCUT2D eigenvalue weighted by Gasteiger charge is -2.19. The topological polar surface area (TPSA) is 95.5 Å². The van der Waals surface area contributed by atoms with Gasteiger partial charge < -0.3 is 15.7 Å². The molecule has 6 nitrogen and oxygen atoms in total. The molecule has 0 heterocycles. The van der Waals surface area contributed by atoms with Crippen molar-refractivity contribution in [2.45, 2.75) is 46.1 Å². The van der Waals surface area contributed by atoms with E-state index >= 15 is 0 Å². The molecule has 0 aliphatic rings. The predicted octanol–water partition coefficient (Wildman–Crippen LogP) is 3.47. The van der Waals surface area contributed by atoms with Gasteiger partial charge >= 0.3 is 5.97 Å². The molecule has 0 fully saturated rings. The van der Waals surface area contributed by atoms with Gasteiger partial charge in [-0.2, -0.15) is 0 Å². The molecule has 0 aromatic heterocycles. The van der Waals surface area contributed by atoms with Gasteiger partial charge in [0.15, 0.2) is 0 Å². The molecule has 1 unspecified atom stereocenters. The Morgan fingerprint density at radius 3 is 2.32 bits per heavy atom. The molecule has 2 aromatic rings. The molecule has 0 spiro atoms. The van der Waals surface area contributed by atoms with Gasteiger partial charge in [-0.1, -0.05) is 49.7 Å². The maximum absolute atomic E-state index is 12.7. The third-order valence-corrected chi connectivity index (χ3v) is 4.50. The largest absolute Gasteiger partial charge is 0.478 e. The zero-order chi connectivity index (χ0) is 20.7. The second kappa shape index (κ2) is 9.69. The zero-order valence-electron chi connectivity index (χ0n) is 16.4. The third kappa shape index (κ3) is 5.67. The summed E-state index contributed by atoms with van der Waals surface area (Å²) in [5.74, 6) is -1.63. The van der Waals surface area contributed by atoms with Crippen LogP contribution < -0.4 is 10.6 Å². The van der Waals surface area contributed by atoms with E-state index in [9.17, 15) is 19.5 Å². The predicted molar refractivity (Wildman–Crippen MR) is 108 cm³/mol. The van der Waals surface area contributed by atoms with Crippen LogP contribution in [0.2, 0.25) is 0 Å². The number of hydrogen-bond donors (Lipinski definition) is 3. The first-order valence-corrected chi connectivity index (χ1v) is 9.30. The second-order valence-electron chi connectivity index (χ2n) is 6.85. The Kier molecular flexibility index (Phi) is 7.32. The van der Waals surface area contributed by atoms with Crippen molar-refractivity contribution in [1.29, 1.82) is 0 Å². The summed E-state index contributed by atoms with van der Waals surface area (Å²) >= 11 is 0. The first-order chi connectivity index (χ1) is 13.3. The Labute approximate surface area is 165 Å². The minimum Gasteiger partial charge on any atom is -0.478 e. The fourth-order valence-electron chi connectivity index (χ4n) is 3.02. The molecule has 0 radical (unpaired) electrons. The van der Waals surface area contributed by atoms with Crippen LogP contribution in [-0.4, -0.2) is 28.9 Å². The number of carboxylic acids is 1. The van der Waals surface area contributed by atoms with Gasteiger partial charge in [0.2, 0.25) is 11.8 Å². The van der Waals surface area contributed by atoms with Crippen LogP contribution in [0.15, 0.2) is 42.5 Å². The summed E-state index contributed by atoms with van der Waals surface area (Å²) < 4.78 is 0. The highest BCUT2D eigenvalue weighted by Crippen LogP contribution is 2.21. The first kappa shape index (κ1) is 21.2. The van der Waals surface area contributed by atoms with Crippen LogP contribution in [0.5, 0.6) is 0 Å². The lowest BCUT2D eigenvalue weighted by atomic mass is 10.0. The van der Waals surface area contributed by atoms with Crippen molar-refractivity contribution in [2.24, 2.45) is 0 Å². The van der Waals surface area contributed by atoms with Gasteiger partial charge in [-0.3, -0.25) is 9.59 Å². The van der Waals surface area contributed by atoms with E-state index in [2.05, 4.69) is 10.6 Å². The van der Waals surface area contributed by atoms with E-state index in [-0.39, 0.29) is 23.8 Å². The summed E-state index contributed by atoms with van der Waals surface area (Å²) in [5, 5.41) is 14.9. The van der Waals surface area contributed by atoms with Gasteiger partial charge in [0.1, 0.15) is 6.04 Å². The molecular formula is C22H26N2O4. The van der Waals surface area contributed by atoms with Crippen LogP contribution in [0.25, 0.3) is 0 Å². The number of amides is 2. The fraction of sp³-hybridized carbons (Fsp3) is 0.318. The van der Waals surface area contributed by atoms with Crippen molar-refractivity contribution in [3.63, 3.8) is 0 Å². The third-order valence-electron chi connectivity index (χ3n) is 4.50. The molecule has 0 saturated carbocycles. The Morgan fingerprint density at radius 1 is 1.04 bits per heavy atom. The van der Waals surface area contributed by atoms with E-state index in [1.54, 1.807) is 19.9 Å². The van der Waals surface area contributed by atoms with Crippen molar-refractivity contribution in [1.82, 2.24) is 5.32 Å². The van der Waals surface area contributed by atoms with Gasteiger partial charge in [0.25, 0.3) is 0 Å². The second-order valence-corrected chi connectivity index (χ2v) is 6.85. The minimum absolute atomic E-state index is 0.140. The summed E-state index contributed by atoms with van der Waals surface area (Å²) in [6, 6.07) is 11.8. The number of aromatic carboxylic acids is 1. The molecule has 2 rings (SSSR count). The number of aryl methyl sites for hydroxylation is 2. The van der Waals surface area contributed by atoms with Gasteiger partial charge in [-0.05, 0) is 43.0 Å². The van der Waals surface area contributed by atoms with E-state index in [1.807, 2.05) is 37.3 Å². The SMILES string of the molecule is CCCC(NC(=O)Cc1ccccc1)C(=O)Nc1cc(C(=O)O)c(C)cc1C. The number of benzene rings is 2. The van der Waals surface area contributed by atoms with E-state index in [0.717, 1.165) is 17.5 Å². The molecule has 0 saturated heterocycles. The molecule has 0 aliphatic heterocycles. The van der Waals surface area contributed by atoms with E-state index in [0.29, 0.717) is 17.7 Å². The summed E-state index contributed by atoms with van der Waals surface area (Å²) in [4.78, 5) is 36.4.